The van der Waals surface area contributed by atoms with Crippen LogP contribution in [0.25, 0.3) is 0 Å². The second-order valence-corrected chi connectivity index (χ2v) is 9.93. The van der Waals surface area contributed by atoms with Gasteiger partial charge in [-0.05, 0) is 25.3 Å². The maximum absolute atomic E-state index is 13.8. The fourth-order valence-corrected chi connectivity index (χ4v) is 6.50. The molecule has 8 heteroatoms. The molecule has 0 aromatic carbocycles. The number of carbonyl (C=O) groups is 4. The molecule has 4 aliphatic rings. The number of hydrogen-bond acceptors (Lipinski definition) is 8. The average Bonchev–Trinajstić information content (AvgIpc) is 3.33. The predicted molar refractivity (Wildman–Crippen MR) is 114 cm³/mol. The summed E-state index contributed by atoms with van der Waals surface area (Å²) >= 11 is 0. The van der Waals surface area contributed by atoms with Gasteiger partial charge in [0.2, 0.25) is 5.78 Å². The summed E-state index contributed by atoms with van der Waals surface area (Å²) in [5.74, 6) is -1.43. The van der Waals surface area contributed by atoms with E-state index < -0.39 is 29.0 Å². The van der Waals surface area contributed by atoms with Crippen molar-refractivity contribution < 1.29 is 37.8 Å². The predicted octanol–water partition coefficient (Wildman–Crippen LogP) is 3.32. The molecule has 33 heavy (non-hydrogen) atoms. The maximum Gasteiger partial charge on any atom is 0.342 e. The average molecular weight is 456 g/mol. The fraction of sp³-hybridized carbons (Fsp3) is 0.600. The number of allylic oxidation sites excluding steroid dienone is 1. The van der Waals surface area contributed by atoms with Crippen LogP contribution in [0.2, 0.25) is 0 Å². The summed E-state index contributed by atoms with van der Waals surface area (Å²) in [6.07, 6.45) is 1.79. The highest BCUT2D eigenvalue weighted by Gasteiger charge is 2.64. The first kappa shape index (κ1) is 22.1. The zero-order chi connectivity index (χ0) is 23.7. The van der Waals surface area contributed by atoms with E-state index in [9.17, 15) is 19.2 Å². The minimum Gasteiger partial charge on any atom is -0.460 e. The number of rotatable bonds is 5. The van der Waals surface area contributed by atoms with Crippen LogP contribution in [0, 0.1) is 11.3 Å². The van der Waals surface area contributed by atoms with Gasteiger partial charge < -0.3 is 18.6 Å². The number of fused-ring (bicyclic) bond motifs is 3. The Bertz CT molecular complexity index is 1110. The van der Waals surface area contributed by atoms with Gasteiger partial charge in [-0.1, -0.05) is 13.8 Å². The molecule has 2 heterocycles. The Morgan fingerprint density at radius 2 is 2.00 bits per heavy atom. The van der Waals surface area contributed by atoms with Crippen molar-refractivity contribution in [3.8, 4) is 0 Å². The molecule has 0 saturated heterocycles. The molecule has 0 amide bonds. The number of hydrogen-bond donors (Lipinski definition) is 0. The summed E-state index contributed by atoms with van der Waals surface area (Å²) in [5, 5.41) is 0. The van der Waals surface area contributed by atoms with Gasteiger partial charge in [0.1, 0.15) is 29.8 Å². The van der Waals surface area contributed by atoms with Crippen LogP contribution in [0.4, 0.5) is 0 Å². The Hall–Kier alpha value is -2.74. The van der Waals surface area contributed by atoms with Gasteiger partial charge in [-0.3, -0.25) is 14.4 Å². The van der Waals surface area contributed by atoms with Gasteiger partial charge in [0, 0.05) is 48.8 Å². The molecule has 8 nitrogen and oxygen atoms in total. The lowest BCUT2D eigenvalue weighted by atomic mass is 9.54. The van der Waals surface area contributed by atoms with Gasteiger partial charge in [0.15, 0.2) is 5.76 Å². The number of esters is 2. The molecular formula is C25H28O8. The topological polar surface area (TPSA) is 109 Å². The number of methoxy groups -OCH3 is 1. The van der Waals surface area contributed by atoms with Crippen molar-refractivity contribution in [2.75, 3.05) is 13.7 Å². The van der Waals surface area contributed by atoms with E-state index in [1.165, 1.54) is 13.4 Å². The van der Waals surface area contributed by atoms with Crippen molar-refractivity contribution in [3.63, 3.8) is 0 Å². The van der Waals surface area contributed by atoms with Crippen LogP contribution in [-0.4, -0.2) is 49.4 Å². The lowest BCUT2D eigenvalue weighted by Crippen LogP contribution is -2.57. The lowest BCUT2D eigenvalue weighted by molar-refractivity contribution is -0.152. The number of cyclic esters (lactones) is 1. The third-order valence-corrected chi connectivity index (χ3v) is 8.12. The van der Waals surface area contributed by atoms with Gasteiger partial charge in [-0.25, -0.2) is 4.79 Å². The van der Waals surface area contributed by atoms with E-state index >= 15 is 0 Å². The molecule has 1 saturated carbocycles. The summed E-state index contributed by atoms with van der Waals surface area (Å²) in [7, 11) is 1.51. The molecule has 0 radical (unpaired) electrons. The SMILES string of the molecule is CCCC(=O)O[C@@H]1C[C@]2(C)C(=O)CC[C@H]2C2=C1[C@]1(C)c3c(coc3C2=O)C(=O)O[C@@H]1COC. The first-order chi connectivity index (χ1) is 15.7. The van der Waals surface area contributed by atoms with Crippen molar-refractivity contribution in [1.82, 2.24) is 0 Å². The molecule has 1 fully saturated rings. The van der Waals surface area contributed by atoms with E-state index in [4.69, 9.17) is 18.6 Å². The Labute approximate surface area is 191 Å². The van der Waals surface area contributed by atoms with E-state index in [1.54, 1.807) is 0 Å². The molecular weight excluding hydrogens is 428 g/mol. The number of Topliss-reactive ketones (excluding diaryl/α,β-unsaturated/α-hetero) is 2. The Morgan fingerprint density at radius 3 is 2.70 bits per heavy atom. The number of carbonyl (C=O) groups excluding carboxylic acids is 4. The second kappa shape index (κ2) is 7.38. The highest BCUT2D eigenvalue weighted by Crippen LogP contribution is 2.61. The first-order valence-corrected chi connectivity index (χ1v) is 11.5. The van der Waals surface area contributed by atoms with Crippen LogP contribution in [0.15, 0.2) is 21.8 Å². The smallest absolute Gasteiger partial charge is 0.342 e. The van der Waals surface area contributed by atoms with Crippen LogP contribution in [0.3, 0.4) is 0 Å². The molecule has 5 rings (SSSR count). The summed E-state index contributed by atoms with van der Waals surface area (Å²) in [4.78, 5) is 52.1. The van der Waals surface area contributed by atoms with Crippen molar-refractivity contribution in [2.24, 2.45) is 11.3 Å². The zero-order valence-corrected chi connectivity index (χ0v) is 19.3. The molecule has 3 aliphatic carbocycles. The quantitative estimate of drug-likeness (QED) is 0.621. The van der Waals surface area contributed by atoms with Crippen molar-refractivity contribution in [2.45, 2.75) is 70.5 Å². The lowest BCUT2D eigenvalue weighted by Gasteiger charge is -2.51. The summed E-state index contributed by atoms with van der Waals surface area (Å²) in [6, 6.07) is 0. The zero-order valence-electron chi connectivity index (χ0n) is 19.3. The monoisotopic (exact) mass is 456 g/mol. The van der Waals surface area contributed by atoms with Crippen molar-refractivity contribution in [3.05, 3.63) is 34.3 Å². The molecule has 0 spiro atoms. The van der Waals surface area contributed by atoms with E-state index in [0.29, 0.717) is 42.4 Å². The largest absolute Gasteiger partial charge is 0.460 e. The standard InChI is InChI=1S/C25H28O8/c1-5-6-17(27)32-14-9-24(2)13(7-8-15(24)26)18-20(14)25(3)16(11-30-4)33-23(29)12-10-31-22(19(12)25)21(18)28/h10,13-14,16H,5-9,11H2,1-4H3/t13-,14+,16+,24-,25-/m0/s1. The molecule has 1 aliphatic heterocycles. The molecule has 0 bridgehead atoms. The molecule has 1 aromatic heterocycles. The Kier molecular flexibility index (Phi) is 4.94. The Morgan fingerprint density at radius 1 is 1.24 bits per heavy atom. The first-order valence-electron chi connectivity index (χ1n) is 11.5. The third kappa shape index (κ3) is 2.79. The van der Waals surface area contributed by atoms with Crippen LogP contribution < -0.4 is 0 Å². The number of ketones is 2. The normalized spacial score (nSPS) is 34.5. The van der Waals surface area contributed by atoms with Crippen LogP contribution in [0.1, 0.15) is 79.4 Å². The number of ether oxygens (including phenoxy) is 3. The second-order valence-electron chi connectivity index (χ2n) is 9.93. The van der Waals surface area contributed by atoms with Gasteiger partial charge in [0.05, 0.1) is 12.0 Å². The maximum atomic E-state index is 13.8. The van der Waals surface area contributed by atoms with Crippen LogP contribution >= 0.6 is 0 Å². The molecule has 0 N–H and O–H groups in total. The highest BCUT2D eigenvalue weighted by atomic mass is 16.6. The minimum absolute atomic E-state index is 0.0722. The van der Waals surface area contributed by atoms with E-state index in [-0.39, 0.29) is 47.8 Å². The van der Waals surface area contributed by atoms with Gasteiger partial charge in [-0.15, -0.1) is 0 Å². The van der Waals surface area contributed by atoms with Crippen molar-refractivity contribution in [1.29, 1.82) is 0 Å². The molecule has 176 valence electrons. The molecule has 5 atom stereocenters. The minimum atomic E-state index is -0.991. The van der Waals surface area contributed by atoms with E-state index in [1.807, 2.05) is 20.8 Å². The molecule has 0 unspecified atom stereocenters. The fourth-order valence-electron chi connectivity index (χ4n) is 6.50. The van der Waals surface area contributed by atoms with Crippen LogP contribution in [-0.2, 0) is 29.2 Å². The Balaban J connectivity index is 1.77. The van der Waals surface area contributed by atoms with Crippen molar-refractivity contribution >= 4 is 23.5 Å². The van der Waals surface area contributed by atoms with E-state index in [2.05, 4.69) is 0 Å². The van der Waals surface area contributed by atoms with Crippen LogP contribution in [0.5, 0.6) is 0 Å². The summed E-state index contributed by atoms with van der Waals surface area (Å²) in [5.41, 5.74) is -0.0349. The third-order valence-electron chi connectivity index (χ3n) is 8.12. The highest BCUT2D eigenvalue weighted by molar-refractivity contribution is 6.14. The van der Waals surface area contributed by atoms with Gasteiger partial charge in [-0.2, -0.15) is 0 Å². The van der Waals surface area contributed by atoms with E-state index in [0.717, 1.165) is 0 Å². The number of furan rings is 1. The molecule has 1 aromatic rings. The summed E-state index contributed by atoms with van der Waals surface area (Å²) in [6.45, 7) is 5.73. The van der Waals surface area contributed by atoms with Gasteiger partial charge >= 0.3 is 11.9 Å². The van der Waals surface area contributed by atoms with Gasteiger partial charge in [0.25, 0.3) is 0 Å². The summed E-state index contributed by atoms with van der Waals surface area (Å²) < 4.78 is 22.8.